The molecule has 1 aromatic heterocycles. The molecule has 2 rings (SSSR count). The summed E-state index contributed by atoms with van der Waals surface area (Å²) in [6.45, 7) is 4.48. The highest BCUT2D eigenvalue weighted by Crippen LogP contribution is 2.15. The largest absolute Gasteiger partial charge is 0.256 e. The molecule has 0 amide bonds. The zero-order valence-corrected chi connectivity index (χ0v) is 8.70. The molecule has 0 aliphatic carbocycles. The van der Waals surface area contributed by atoms with Crippen molar-refractivity contribution in [3.8, 4) is 0 Å². The van der Waals surface area contributed by atoms with Crippen LogP contribution < -0.4 is 0 Å². The Morgan fingerprint density at radius 3 is 2.86 bits per heavy atom. The predicted octanol–water partition coefficient (Wildman–Crippen LogP) is 3.43. The fraction of sp³-hybridized carbons (Fsp3) is 0.308. The minimum absolute atomic E-state index is 0.705. The van der Waals surface area contributed by atoms with Crippen molar-refractivity contribution in [1.29, 1.82) is 0 Å². The second-order valence-corrected chi connectivity index (χ2v) is 4.13. The first-order valence-corrected chi connectivity index (χ1v) is 5.09. The van der Waals surface area contributed by atoms with Gasteiger partial charge >= 0.3 is 0 Å². The van der Waals surface area contributed by atoms with Crippen molar-refractivity contribution in [2.24, 2.45) is 5.92 Å². The van der Waals surface area contributed by atoms with Gasteiger partial charge in [0.25, 0.3) is 0 Å². The van der Waals surface area contributed by atoms with E-state index in [4.69, 9.17) is 0 Å². The van der Waals surface area contributed by atoms with E-state index in [-0.39, 0.29) is 0 Å². The summed E-state index contributed by atoms with van der Waals surface area (Å²) in [4.78, 5) is 4.35. The number of fused-ring (bicyclic) bond motifs is 1. The van der Waals surface area contributed by atoms with Crippen LogP contribution in [0.25, 0.3) is 10.9 Å². The molecule has 1 nitrogen and oxygen atoms in total. The summed E-state index contributed by atoms with van der Waals surface area (Å²) in [5.41, 5.74) is 2.48. The molecule has 1 heteroatoms. The lowest BCUT2D eigenvalue weighted by Gasteiger charge is -2.05. The molecule has 2 aromatic rings. The number of benzene rings is 1. The van der Waals surface area contributed by atoms with Gasteiger partial charge in [0.2, 0.25) is 0 Å². The highest BCUT2D eigenvalue weighted by Gasteiger charge is 1.99. The van der Waals surface area contributed by atoms with Crippen molar-refractivity contribution in [1.82, 2.24) is 4.98 Å². The number of aromatic nitrogens is 1. The number of hydrogen-bond acceptors (Lipinski definition) is 1. The first-order valence-electron chi connectivity index (χ1n) is 5.09. The van der Waals surface area contributed by atoms with Gasteiger partial charge in [-0.1, -0.05) is 32.0 Å². The molecule has 0 aliphatic rings. The van der Waals surface area contributed by atoms with Gasteiger partial charge in [0.15, 0.2) is 0 Å². The SMILES string of the molecule is CC(C)Cc1ccc2cccnc2c1. The van der Waals surface area contributed by atoms with E-state index in [1.807, 2.05) is 12.3 Å². The molecule has 0 spiro atoms. The van der Waals surface area contributed by atoms with Gasteiger partial charge in [-0.2, -0.15) is 0 Å². The van der Waals surface area contributed by atoms with Gasteiger partial charge in [-0.15, -0.1) is 0 Å². The fourth-order valence-corrected chi connectivity index (χ4v) is 1.71. The molecule has 0 saturated heterocycles. The third kappa shape index (κ3) is 1.92. The van der Waals surface area contributed by atoms with Gasteiger partial charge in [-0.3, -0.25) is 4.98 Å². The van der Waals surface area contributed by atoms with E-state index in [1.54, 1.807) is 0 Å². The van der Waals surface area contributed by atoms with Crippen LogP contribution in [0.1, 0.15) is 19.4 Å². The third-order valence-electron chi connectivity index (χ3n) is 2.31. The fourth-order valence-electron chi connectivity index (χ4n) is 1.71. The van der Waals surface area contributed by atoms with E-state index in [0.29, 0.717) is 5.92 Å². The minimum Gasteiger partial charge on any atom is -0.256 e. The Morgan fingerprint density at radius 2 is 2.07 bits per heavy atom. The van der Waals surface area contributed by atoms with Gasteiger partial charge in [-0.25, -0.2) is 0 Å². The standard InChI is InChI=1S/C13H15N/c1-10(2)8-11-5-6-12-4-3-7-14-13(12)9-11/h3-7,9-10H,8H2,1-2H3. The molecule has 0 saturated carbocycles. The smallest absolute Gasteiger partial charge is 0.0704 e. The van der Waals surface area contributed by atoms with Gasteiger partial charge in [0.1, 0.15) is 0 Å². The van der Waals surface area contributed by atoms with Gasteiger partial charge in [0, 0.05) is 11.6 Å². The Kier molecular flexibility index (Phi) is 2.49. The van der Waals surface area contributed by atoms with Crippen LogP contribution in [-0.2, 0) is 6.42 Å². The molecule has 72 valence electrons. The lowest BCUT2D eigenvalue weighted by atomic mass is 10.0. The number of nitrogens with zero attached hydrogens (tertiary/aromatic N) is 1. The molecule has 0 bridgehead atoms. The quantitative estimate of drug-likeness (QED) is 0.698. The summed E-state index contributed by atoms with van der Waals surface area (Å²) in [7, 11) is 0. The lowest BCUT2D eigenvalue weighted by molar-refractivity contribution is 0.647. The average molecular weight is 185 g/mol. The van der Waals surface area contributed by atoms with E-state index in [0.717, 1.165) is 11.9 Å². The molecule has 0 atom stereocenters. The summed E-state index contributed by atoms with van der Waals surface area (Å²) in [6.07, 6.45) is 2.98. The Balaban J connectivity index is 2.41. The van der Waals surface area contributed by atoms with Crippen molar-refractivity contribution >= 4 is 10.9 Å². The molecule has 0 unspecified atom stereocenters. The van der Waals surface area contributed by atoms with Crippen molar-refractivity contribution in [2.45, 2.75) is 20.3 Å². The molecular formula is C13H15N. The molecule has 0 radical (unpaired) electrons. The van der Waals surface area contributed by atoms with Crippen molar-refractivity contribution in [2.75, 3.05) is 0 Å². The summed E-state index contributed by atoms with van der Waals surface area (Å²) >= 11 is 0. The van der Waals surface area contributed by atoms with Crippen LogP contribution in [0, 0.1) is 5.92 Å². The van der Waals surface area contributed by atoms with Crippen LogP contribution in [0.4, 0.5) is 0 Å². The third-order valence-corrected chi connectivity index (χ3v) is 2.31. The monoisotopic (exact) mass is 185 g/mol. The maximum Gasteiger partial charge on any atom is 0.0704 e. The zero-order chi connectivity index (χ0) is 9.97. The topological polar surface area (TPSA) is 12.9 Å². The van der Waals surface area contributed by atoms with Crippen LogP contribution in [-0.4, -0.2) is 4.98 Å². The first kappa shape index (κ1) is 9.20. The van der Waals surface area contributed by atoms with Gasteiger partial charge < -0.3 is 0 Å². The van der Waals surface area contributed by atoms with Crippen LogP contribution >= 0.6 is 0 Å². The lowest BCUT2D eigenvalue weighted by Crippen LogP contribution is -1.93. The van der Waals surface area contributed by atoms with E-state index in [1.165, 1.54) is 10.9 Å². The Hall–Kier alpha value is -1.37. The predicted molar refractivity (Wildman–Crippen MR) is 60.3 cm³/mol. The maximum atomic E-state index is 4.35. The summed E-state index contributed by atoms with van der Waals surface area (Å²) < 4.78 is 0. The molecule has 0 fully saturated rings. The summed E-state index contributed by atoms with van der Waals surface area (Å²) in [6, 6.07) is 10.6. The van der Waals surface area contributed by atoms with Gasteiger partial charge in [-0.05, 0) is 30.0 Å². The van der Waals surface area contributed by atoms with Crippen LogP contribution in [0.2, 0.25) is 0 Å². The number of hydrogen-bond donors (Lipinski definition) is 0. The zero-order valence-electron chi connectivity index (χ0n) is 8.70. The van der Waals surface area contributed by atoms with Crippen molar-refractivity contribution in [3.63, 3.8) is 0 Å². The molecule has 1 aromatic carbocycles. The summed E-state index contributed by atoms with van der Waals surface area (Å²) in [5, 5.41) is 1.22. The number of rotatable bonds is 2. The Bertz CT molecular complexity index is 432. The average Bonchev–Trinajstić information content (AvgIpc) is 2.17. The normalized spacial score (nSPS) is 11.1. The van der Waals surface area contributed by atoms with E-state index in [2.05, 4.69) is 43.1 Å². The second kappa shape index (κ2) is 3.79. The highest BCUT2D eigenvalue weighted by molar-refractivity contribution is 5.78. The van der Waals surface area contributed by atoms with Gasteiger partial charge in [0.05, 0.1) is 5.52 Å². The van der Waals surface area contributed by atoms with Crippen molar-refractivity contribution in [3.05, 3.63) is 42.1 Å². The van der Waals surface area contributed by atoms with E-state index in [9.17, 15) is 0 Å². The second-order valence-electron chi connectivity index (χ2n) is 4.13. The first-order chi connectivity index (χ1) is 6.75. The van der Waals surface area contributed by atoms with Crippen molar-refractivity contribution < 1.29 is 0 Å². The van der Waals surface area contributed by atoms with Crippen LogP contribution in [0.5, 0.6) is 0 Å². The molecule has 14 heavy (non-hydrogen) atoms. The van der Waals surface area contributed by atoms with E-state index < -0.39 is 0 Å². The van der Waals surface area contributed by atoms with Crippen LogP contribution in [0.15, 0.2) is 36.5 Å². The number of pyridine rings is 1. The Labute approximate surface area is 84.8 Å². The Morgan fingerprint density at radius 1 is 1.21 bits per heavy atom. The minimum atomic E-state index is 0.705. The van der Waals surface area contributed by atoms with Crippen LogP contribution in [0.3, 0.4) is 0 Å². The molecule has 1 heterocycles. The molecule has 0 N–H and O–H groups in total. The van der Waals surface area contributed by atoms with E-state index >= 15 is 0 Å². The maximum absolute atomic E-state index is 4.35. The highest BCUT2D eigenvalue weighted by atomic mass is 14.6. The molecular weight excluding hydrogens is 170 g/mol. The summed E-state index contributed by atoms with van der Waals surface area (Å²) in [5.74, 6) is 0.705. The molecule has 0 aliphatic heterocycles.